The molecule has 28 heavy (non-hydrogen) atoms. The minimum absolute atomic E-state index is 0.270. The first kappa shape index (κ1) is 19.7. The van der Waals surface area contributed by atoms with Gasteiger partial charge in [0.15, 0.2) is 0 Å². The van der Waals surface area contributed by atoms with Crippen LogP contribution < -0.4 is 15.0 Å². The normalized spacial score (nSPS) is 18.4. The molecule has 3 heterocycles. The number of pyridine rings is 2. The molecule has 0 bridgehead atoms. The quantitative estimate of drug-likeness (QED) is 0.620. The van der Waals surface area contributed by atoms with E-state index in [-0.39, 0.29) is 10.0 Å². The number of aromatic nitrogens is 2. The zero-order valence-corrected chi connectivity index (χ0v) is 16.0. The van der Waals surface area contributed by atoms with Crippen LogP contribution >= 0.6 is 0 Å². The first-order valence-electron chi connectivity index (χ1n) is 8.70. The molecule has 0 spiro atoms. The number of nitrogens with zero attached hydrogens (tertiary/aromatic N) is 4. The number of rotatable bonds is 5. The lowest BCUT2D eigenvalue weighted by Gasteiger charge is -2.35. The lowest BCUT2D eigenvalue weighted by molar-refractivity contribution is -0.108. The Morgan fingerprint density at radius 3 is 2.68 bits per heavy atom. The largest absolute Gasteiger partial charge is 0.495 e. The minimum Gasteiger partial charge on any atom is -0.495 e. The van der Waals surface area contributed by atoms with E-state index in [0.717, 1.165) is 18.4 Å². The van der Waals surface area contributed by atoms with Gasteiger partial charge in [-0.2, -0.15) is 10.2 Å². The summed E-state index contributed by atoms with van der Waals surface area (Å²) in [6.07, 6.45) is 2.18. The number of methoxy groups -OCH3 is 3. The third kappa shape index (κ3) is 3.07. The van der Waals surface area contributed by atoms with Gasteiger partial charge in [0, 0.05) is 26.2 Å². The van der Waals surface area contributed by atoms with Crippen molar-refractivity contribution in [2.75, 3.05) is 27.9 Å². The fraction of sp³-hybridized carbons (Fsp3) is 0.368. The molecule has 1 aliphatic rings. The molecule has 9 nitrogen and oxygen atoms in total. The molecule has 2 aromatic heterocycles. The van der Waals surface area contributed by atoms with Gasteiger partial charge in [0.25, 0.3) is 0 Å². The number of carbonyl (C=O) groups is 1. The summed E-state index contributed by atoms with van der Waals surface area (Å²) in [5.74, 6) is 1.15. The highest BCUT2D eigenvalue weighted by Crippen LogP contribution is 2.41. The Kier molecular flexibility index (Phi) is 5.56. The predicted octanol–water partition coefficient (Wildman–Crippen LogP) is 2.31. The molecule has 146 valence electrons. The fourth-order valence-corrected chi connectivity index (χ4v) is 3.54. The van der Waals surface area contributed by atoms with Crippen LogP contribution in [0.1, 0.15) is 29.5 Å². The van der Waals surface area contributed by atoms with E-state index in [1.54, 1.807) is 6.07 Å². The molecule has 0 saturated heterocycles. The van der Waals surface area contributed by atoms with E-state index in [2.05, 4.69) is 9.97 Å². The van der Waals surface area contributed by atoms with Gasteiger partial charge in [-0.15, -0.1) is 4.48 Å². The lowest BCUT2D eigenvalue weighted by Crippen LogP contribution is -2.56. The predicted molar refractivity (Wildman–Crippen MR) is 101 cm³/mol. The second kappa shape index (κ2) is 7.90. The molecule has 0 aliphatic carbocycles. The van der Waals surface area contributed by atoms with E-state index in [1.165, 1.54) is 27.5 Å². The van der Waals surface area contributed by atoms with Crippen LogP contribution in [0.25, 0.3) is 0 Å². The van der Waals surface area contributed by atoms with Gasteiger partial charge in [0.1, 0.15) is 29.6 Å². The van der Waals surface area contributed by atoms with E-state index >= 15 is 0 Å². The van der Waals surface area contributed by atoms with Crippen molar-refractivity contribution in [2.24, 2.45) is 5.73 Å². The average Bonchev–Trinajstić information content (AvgIpc) is 2.73. The Hall–Kier alpha value is -3.06. The summed E-state index contributed by atoms with van der Waals surface area (Å²) >= 11 is 0. The van der Waals surface area contributed by atoms with Gasteiger partial charge in [-0.05, 0) is 18.6 Å². The smallest absolute Gasteiger partial charge is 0.426 e. The van der Waals surface area contributed by atoms with Crippen molar-refractivity contribution in [2.45, 2.75) is 19.1 Å². The van der Waals surface area contributed by atoms with E-state index in [0.29, 0.717) is 29.6 Å². The Morgan fingerprint density at radius 2 is 2.07 bits per heavy atom. The number of quaternary nitrogens is 1. The minimum atomic E-state index is -0.675. The van der Waals surface area contributed by atoms with Crippen molar-refractivity contribution < 1.29 is 19.0 Å². The number of urea groups is 1. The lowest BCUT2D eigenvalue weighted by atomic mass is 10.0. The number of primary amides is 1. The monoisotopic (exact) mass is 384 g/mol. The summed E-state index contributed by atoms with van der Waals surface area (Å²) in [6, 6.07) is 6.68. The maximum Gasteiger partial charge on any atom is 0.426 e. The number of nitriles is 1. The molecule has 1 atom stereocenters. The first-order chi connectivity index (χ1) is 13.5. The van der Waals surface area contributed by atoms with Crippen molar-refractivity contribution >= 4 is 17.7 Å². The number of fused-ring (bicyclic) bond motifs is 1. The number of amides is 2. The molecular weight excluding hydrogens is 362 g/mol. The summed E-state index contributed by atoms with van der Waals surface area (Å²) in [7, 11) is 4.48. The molecule has 0 saturated carbocycles. The van der Waals surface area contributed by atoms with Crippen LogP contribution in [-0.4, -0.2) is 43.9 Å². The van der Waals surface area contributed by atoms with Gasteiger partial charge in [-0.3, -0.25) is 0 Å². The molecule has 2 N–H and O–H groups in total. The van der Waals surface area contributed by atoms with Crippen molar-refractivity contribution in [1.29, 1.82) is 5.26 Å². The Morgan fingerprint density at radius 1 is 1.32 bits per heavy atom. The SMILES string of the molecule is COc1cc([N+]2(C(N)=O)CCCc3ccc(C(OC)OC)nc32)ncc1C#N. The second-order valence-corrected chi connectivity index (χ2v) is 6.35. The van der Waals surface area contributed by atoms with E-state index in [4.69, 9.17) is 19.9 Å². The van der Waals surface area contributed by atoms with Gasteiger partial charge in [0.2, 0.25) is 17.9 Å². The standard InChI is InChI=1S/C19H21N5O4/c1-26-15-9-16(22-11-13(15)10-20)24(19(21)25)8-4-5-12-6-7-14(23-17(12)24)18(27-2)28-3/h6-7,9,11,18H,4-5,8H2,1-3H3,(H-,21,25)/p+1. The average molecular weight is 384 g/mol. The number of ether oxygens (including phenoxy) is 3. The zero-order chi connectivity index (χ0) is 20.3. The van der Waals surface area contributed by atoms with Crippen molar-refractivity contribution in [3.05, 3.63) is 41.2 Å². The van der Waals surface area contributed by atoms with Crippen LogP contribution in [0.2, 0.25) is 0 Å². The molecular formula is C19H22N5O4+. The summed E-state index contributed by atoms with van der Waals surface area (Å²) in [4.78, 5) is 21.8. The maximum atomic E-state index is 12.8. The Balaban J connectivity index is 2.25. The summed E-state index contributed by atoms with van der Waals surface area (Å²) in [5.41, 5.74) is 7.57. The van der Waals surface area contributed by atoms with Gasteiger partial charge < -0.3 is 19.9 Å². The molecule has 9 heteroatoms. The number of hydrogen-bond acceptors (Lipinski definition) is 7. The molecule has 0 radical (unpaired) electrons. The van der Waals surface area contributed by atoms with Crippen LogP contribution in [0, 0.1) is 11.3 Å². The number of nitrogens with two attached hydrogens (primary N) is 1. The van der Waals surface area contributed by atoms with Crippen LogP contribution in [0.15, 0.2) is 24.4 Å². The first-order valence-corrected chi connectivity index (χ1v) is 8.70. The Bertz CT molecular complexity index is 938. The third-order valence-corrected chi connectivity index (χ3v) is 4.91. The Labute approximate surface area is 162 Å². The summed E-state index contributed by atoms with van der Waals surface area (Å²) in [5, 5.41) is 9.23. The molecule has 1 unspecified atom stereocenters. The maximum absolute atomic E-state index is 12.8. The van der Waals surface area contributed by atoms with Crippen LogP contribution in [0.5, 0.6) is 5.75 Å². The molecule has 0 fully saturated rings. The van der Waals surface area contributed by atoms with Gasteiger partial charge in [-0.1, -0.05) is 0 Å². The molecule has 2 amide bonds. The van der Waals surface area contributed by atoms with Crippen molar-refractivity contribution in [3.8, 4) is 11.8 Å². The number of hydrogen-bond donors (Lipinski definition) is 1. The van der Waals surface area contributed by atoms with E-state index < -0.39 is 12.3 Å². The van der Waals surface area contributed by atoms with Gasteiger partial charge >= 0.3 is 6.03 Å². The molecule has 0 aromatic carbocycles. The second-order valence-electron chi connectivity index (χ2n) is 6.35. The van der Waals surface area contributed by atoms with Gasteiger partial charge in [0.05, 0.1) is 19.4 Å². The van der Waals surface area contributed by atoms with Crippen LogP contribution in [0.4, 0.5) is 16.4 Å². The van der Waals surface area contributed by atoms with Crippen LogP contribution in [0.3, 0.4) is 0 Å². The van der Waals surface area contributed by atoms with E-state index in [9.17, 15) is 10.1 Å². The van der Waals surface area contributed by atoms with Crippen molar-refractivity contribution in [3.63, 3.8) is 0 Å². The molecule has 1 aliphatic heterocycles. The zero-order valence-electron chi connectivity index (χ0n) is 16.0. The molecule has 2 aromatic rings. The summed E-state index contributed by atoms with van der Waals surface area (Å²) in [6.45, 7) is 0.394. The summed E-state index contributed by atoms with van der Waals surface area (Å²) < 4.78 is 15.5. The number of carbonyl (C=O) groups excluding carboxylic acids is 1. The van der Waals surface area contributed by atoms with Crippen LogP contribution in [-0.2, 0) is 15.9 Å². The third-order valence-electron chi connectivity index (χ3n) is 4.91. The highest BCUT2D eigenvalue weighted by atomic mass is 16.7. The topological polar surface area (TPSA) is 120 Å². The molecule has 3 rings (SSSR count). The van der Waals surface area contributed by atoms with Gasteiger partial charge in [-0.25, -0.2) is 9.78 Å². The van der Waals surface area contributed by atoms with E-state index in [1.807, 2.05) is 18.2 Å². The fourth-order valence-electron chi connectivity index (χ4n) is 3.54. The number of aryl methyl sites for hydroxylation is 1. The van der Waals surface area contributed by atoms with Crippen molar-refractivity contribution in [1.82, 2.24) is 14.5 Å². The highest BCUT2D eigenvalue weighted by molar-refractivity contribution is 5.92. The highest BCUT2D eigenvalue weighted by Gasteiger charge is 2.47.